The van der Waals surface area contributed by atoms with Crippen LogP contribution in [0.4, 0.5) is 4.39 Å². The highest BCUT2D eigenvalue weighted by atomic mass is 32.1. The molecule has 0 aliphatic heterocycles. The Balaban J connectivity index is 1.71. The number of fused-ring (bicyclic) bond motifs is 1. The first kappa shape index (κ1) is 14.2. The maximum atomic E-state index is 13.6. The third-order valence-electron chi connectivity index (χ3n) is 3.06. The van der Waals surface area contributed by atoms with Gasteiger partial charge in [-0.05, 0) is 30.3 Å². The predicted molar refractivity (Wildman–Crippen MR) is 83.2 cm³/mol. The van der Waals surface area contributed by atoms with Crippen LogP contribution in [0.5, 0.6) is 0 Å². The van der Waals surface area contributed by atoms with E-state index >= 15 is 0 Å². The Morgan fingerprint density at radius 2 is 1.64 bits per heavy atom. The molecule has 3 rings (SSSR count). The van der Waals surface area contributed by atoms with Crippen molar-refractivity contribution in [3.05, 3.63) is 70.9 Å². The maximum Gasteiger partial charge on any atom is 0.279 e. The van der Waals surface area contributed by atoms with Crippen molar-refractivity contribution in [2.75, 3.05) is 0 Å². The lowest BCUT2D eigenvalue weighted by Gasteiger charge is -2.05. The second-order valence-corrected chi connectivity index (χ2v) is 5.62. The van der Waals surface area contributed by atoms with Gasteiger partial charge >= 0.3 is 0 Å². The molecular formula is C16H11FN2O2S. The van der Waals surface area contributed by atoms with Gasteiger partial charge in [-0.3, -0.25) is 20.4 Å². The Bertz CT molecular complexity index is 846. The number of amides is 2. The van der Waals surface area contributed by atoms with Crippen LogP contribution in [-0.2, 0) is 0 Å². The molecule has 0 saturated heterocycles. The fourth-order valence-corrected chi connectivity index (χ4v) is 2.94. The number of nitrogens with one attached hydrogen (secondary N) is 2. The van der Waals surface area contributed by atoms with Gasteiger partial charge in [0, 0.05) is 15.6 Å². The first-order chi connectivity index (χ1) is 10.6. The number of thiophene rings is 1. The molecular weight excluding hydrogens is 303 g/mol. The molecule has 4 nitrogen and oxygen atoms in total. The van der Waals surface area contributed by atoms with E-state index < -0.39 is 11.8 Å². The molecule has 2 aromatic carbocycles. The highest BCUT2D eigenvalue weighted by molar-refractivity contribution is 7.20. The molecule has 0 aliphatic carbocycles. The van der Waals surface area contributed by atoms with Gasteiger partial charge in [0.15, 0.2) is 0 Å². The molecule has 0 aliphatic rings. The van der Waals surface area contributed by atoms with E-state index in [1.165, 1.54) is 12.1 Å². The van der Waals surface area contributed by atoms with E-state index in [1.54, 1.807) is 42.5 Å². The monoisotopic (exact) mass is 314 g/mol. The van der Waals surface area contributed by atoms with Gasteiger partial charge in [-0.25, -0.2) is 4.39 Å². The Kier molecular flexibility index (Phi) is 3.84. The summed E-state index contributed by atoms with van der Waals surface area (Å²) in [6, 6.07) is 14.7. The summed E-state index contributed by atoms with van der Waals surface area (Å²) < 4.78 is 14.3. The molecule has 2 amide bonds. The number of hydrazine groups is 1. The lowest BCUT2D eigenvalue weighted by Crippen LogP contribution is -2.41. The van der Waals surface area contributed by atoms with Crippen LogP contribution in [0.2, 0.25) is 0 Å². The SMILES string of the molecule is O=C(NNC(=O)c1cc2c(F)cccc2s1)c1ccccc1. The molecule has 110 valence electrons. The average Bonchev–Trinajstić information content (AvgIpc) is 2.99. The second kappa shape index (κ2) is 5.95. The Hall–Kier alpha value is -2.73. The summed E-state index contributed by atoms with van der Waals surface area (Å²) in [5.74, 6) is -1.27. The number of hydrogen-bond acceptors (Lipinski definition) is 3. The second-order valence-electron chi connectivity index (χ2n) is 4.54. The number of rotatable bonds is 2. The van der Waals surface area contributed by atoms with Crippen LogP contribution < -0.4 is 10.9 Å². The number of carbonyl (C=O) groups excluding carboxylic acids is 2. The molecule has 6 heteroatoms. The fourth-order valence-electron chi connectivity index (χ4n) is 1.97. The number of benzene rings is 2. The van der Waals surface area contributed by atoms with Crippen molar-refractivity contribution in [1.82, 2.24) is 10.9 Å². The topological polar surface area (TPSA) is 58.2 Å². The van der Waals surface area contributed by atoms with Gasteiger partial charge in [0.2, 0.25) is 0 Å². The largest absolute Gasteiger partial charge is 0.279 e. The molecule has 0 fully saturated rings. The zero-order chi connectivity index (χ0) is 15.5. The van der Waals surface area contributed by atoms with Crippen molar-refractivity contribution in [1.29, 1.82) is 0 Å². The lowest BCUT2D eigenvalue weighted by atomic mass is 10.2. The zero-order valence-electron chi connectivity index (χ0n) is 11.3. The summed E-state index contributed by atoms with van der Waals surface area (Å²) in [5.41, 5.74) is 5.09. The number of halogens is 1. The standard InChI is InChI=1S/C16H11FN2O2S/c17-12-7-4-8-13-11(12)9-14(22-13)16(21)19-18-15(20)10-5-2-1-3-6-10/h1-9H,(H,18,20)(H,19,21). The normalized spacial score (nSPS) is 10.4. The molecule has 0 unspecified atom stereocenters. The van der Waals surface area contributed by atoms with Crippen LogP contribution >= 0.6 is 11.3 Å². The van der Waals surface area contributed by atoms with Crippen molar-refractivity contribution >= 4 is 33.2 Å². The van der Waals surface area contributed by atoms with Crippen LogP contribution in [-0.4, -0.2) is 11.8 Å². The van der Waals surface area contributed by atoms with E-state index in [9.17, 15) is 14.0 Å². The fraction of sp³-hybridized carbons (Fsp3) is 0. The lowest BCUT2D eigenvalue weighted by molar-refractivity contribution is 0.0849. The Morgan fingerprint density at radius 1 is 0.909 bits per heavy atom. The summed E-state index contributed by atoms with van der Waals surface area (Å²) in [7, 11) is 0. The number of carbonyl (C=O) groups is 2. The molecule has 0 bridgehead atoms. The van der Waals surface area contributed by atoms with E-state index in [-0.39, 0.29) is 5.82 Å². The minimum absolute atomic E-state index is 0.327. The van der Waals surface area contributed by atoms with E-state index in [0.717, 1.165) is 11.3 Å². The highest BCUT2D eigenvalue weighted by Gasteiger charge is 2.13. The van der Waals surface area contributed by atoms with Crippen molar-refractivity contribution in [2.45, 2.75) is 0 Å². The van der Waals surface area contributed by atoms with Crippen LogP contribution in [0.1, 0.15) is 20.0 Å². The van der Waals surface area contributed by atoms with Gasteiger partial charge in [0.25, 0.3) is 11.8 Å². The summed E-state index contributed by atoms with van der Waals surface area (Å²) in [5, 5.41) is 0.395. The van der Waals surface area contributed by atoms with Crippen molar-refractivity contribution < 1.29 is 14.0 Å². The van der Waals surface area contributed by atoms with Crippen molar-refractivity contribution in [2.24, 2.45) is 0 Å². The smallest absolute Gasteiger partial charge is 0.267 e. The van der Waals surface area contributed by atoms with Crippen LogP contribution in [0.15, 0.2) is 54.6 Å². The maximum absolute atomic E-state index is 13.6. The van der Waals surface area contributed by atoms with Crippen LogP contribution in [0.3, 0.4) is 0 Å². The first-order valence-electron chi connectivity index (χ1n) is 6.49. The zero-order valence-corrected chi connectivity index (χ0v) is 12.1. The van der Waals surface area contributed by atoms with Gasteiger partial charge in [-0.15, -0.1) is 11.3 Å². The van der Waals surface area contributed by atoms with Crippen molar-refractivity contribution in [3.63, 3.8) is 0 Å². The molecule has 0 radical (unpaired) electrons. The molecule has 3 aromatic rings. The third-order valence-corrected chi connectivity index (χ3v) is 4.16. The quantitative estimate of drug-likeness (QED) is 0.714. The molecule has 0 saturated carbocycles. The van der Waals surface area contributed by atoms with E-state index in [4.69, 9.17) is 0 Å². The van der Waals surface area contributed by atoms with Gasteiger partial charge in [-0.2, -0.15) is 0 Å². The molecule has 1 heterocycles. The van der Waals surface area contributed by atoms with Crippen LogP contribution in [0, 0.1) is 5.82 Å². The number of hydrogen-bond donors (Lipinski definition) is 2. The molecule has 1 aromatic heterocycles. The summed E-state index contributed by atoms with van der Waals surface area (Å²) in [6.07, 6.45) is 0. The predicted octanol–water partition coefficient (Wildman–Crippen LogP) is 3.12. The summed E-state index contributed by atoms with van der Waals surface area (Å²) in [4.78, 5) is 24.2. The minimum Gasteiger partial charge on any atom is -0.267 e. The minimum atomic E-state index is -0.482. The average molecular weight is 314 g/mol. The third kappa shape index (κ3) is 2.82. The molecule has 0 atom stereocenters. The molecule has 22 heavy (non-hydrogen) atoms. The summed E-state index contributed by atoms with van der Waals surface area (Å²) in [6.45, 7) is 0. The Labute approximate surface area is 129 Å². The highest BCUT2D eigenvalue weighted by Crippen LogP contribution is 2.27. The van der Waals surface area contributed by atoms with Crippen LogP contribution in [0.25, 0.3) is 10.1 Å². The van der Waals surface area contributed by atoms with Gasteiger partial charge in [-0.1, -0.05) is 24.3 Å². The van der Waals surface area contributed by atoms with Gasteiger partial charge < -0.3 is 0 Å². The van der Waals surface area contributed by atoms with E-state index in [2.05, 4.69) is 10.9 Å². The summed E-state index contributed by atoms with van der Waals surface area (Å²) >= 11 is 1.16. The first-order valence-corrected chi connectivity index (χ1v) is 7.30. The Morgan fingerprint density at radius 3 is 2.36 bits per heavy atom. The van der Waals surface area contributed by atoms with E-state index in [1.807, 2.05) is 0 Å². The van der Waals surface area contributed by atoms with Gasteiger partial charge in [0.05, 0.1) is 4.88 Å². The molecule has 0 spiro atoms. The van der Waals surface area contributed by atoms with Gasteiger partial charge in [0.1, 0.15) is 5.82 Å². The van der Waals surface area contributed by atoms with E-state index in [0.29, 0.717) is 20.5 Å². The van der Waals surface area contributed by atoms with Crippen molar-refractivity contribution in [3.8, 4) is 0 Å². The molecule has 2 N–H and O–H groups in total.